The van der Waals surface area contributed by atoms with Crippen LogP contribution in [0.4, 0.5) is 0 Å². The summed E-state index contributed by atoms with van der Waals surface area (Å²) in [6.07, 6.45) is 0. The average molecular weight is 324 g/mol. The van der Waals surface area contributed by atoms with Crippen LogP contribution in [0.5, 0.6) is 0 Å². The van der Waals surface area contributed by atoms with Crippen LogP contribution in [0.3, 0.4) is 0 Å². The van der Waals surface area contributed by atoms with Gasteiger partial charge in [0.1, 0.15) is 0 Å². The predicted octanol–water partition coefficient (Wildman–Crippen LogP) is 4.97. The maximum Gasteiger partial charge on any atom is 0.0358 e. The van der Waals surface area contributed by atoms with Crippen molar-refractivity contribution in [3.8, 4) is 0 Å². The van der Waals surface area contributed by atoms with E-state index in [9.17, 15) is 0 Å². The maximum atomic E-state index is 2.37. The molecule has 0 radical (unpaired) electrons. The molecule has 1 heterocycles. The molecule has 0 aliphatic heterocycles. The second kappa shape index (κ2) is 3.46. The molecule has 2 aromatic carbocycles. The maximum absolute atomic E-state index is 2.37. The minimum Gasteiger partial charge on any atom is -0.135 e. The molecule has 0 saturated carbocycles. The smallest absolute Gasteiger partial charge is 0.0358 e. The molecule has 0 N–H and O–H groups in total. The molecule has 15 heavy (non-hydrogen) atoms. The molecule has 3 rings (SSSR count). The van der Waals surface area contributed by atoms with Gasteiger partial charge in [-0.3, -0.25) is 0 Å². The molecule has 0 unspecified atom stereocenters. The van der Waals surface area contributed by atoms with E-state index in [0.29, 0.717) is 0 Å². The molecule has 0 aliphatic carbocycles. The van der Waals surface area contributed by atoms with Crippen molar-refractivity contribution in [2.75, 3.05) is 0 Å². The van der Waals surface area contributed by atoms with E-state index in [-0.39, 0.29) is 0 Å². The molecule has 0 spiro atoms. The summed E-state index contributed by atoms with van der Waals surface area (Å²) in [5.74, 6) is 0. The fraction of sp³-hybridized carbons (Fsp3) is 0.0769. The summed E-state index contributed by atoms with van der Waals surface area (Å²) >= 11 is 4.26. The number of rotatable bonds is 0. The van der Waals surface area contributed by atoms with E-state index in [1.165, 1.54) is 29.3 Å². The Bertz CT molecular complexity index is 652. The van der Waals surface area contributed by atoms with Crippen molar-refractivity contribution < 1.29 is 0 Å². The molecular formula is C13H9IS. The zero-order chi connectivity index (χ0) is 10.4. The number of hydrogen-bond acceptors (Lipinski definition) is 1. The fourth-order valence-corrected chi connectivity index (χ4v) is 3.63. The van der Waals surface area contributed by atoms with E-state index in [1.54, 1.807) is 0 Å². The van der Waals surface area contributed by atoms with Crippen LogP contribution >= 0.6 is 33.9 Å². The summed E-state index contributed by atoms with van der Waals surface area (Å²) in [6.45, 7) is 2.19. The second-order valence-corrected chi connectivity index (χ2v) is 6.02. The van der Waals surface area contributed by atoms with E-state index < -0.39 is 0 Å². The highest BCUT2D eigenvalue weighted by Crippen LogP contribution is 2.36. The van der Waals surface area contributed by atoms with Crippen LogP contribution in [0.25, 0.3) is 20.2 Å². The SMILES string of the molecule is Cc1cccc2sc3ccc(I)cc3c12. The summed E-state index contributed by atoms with van der Waals surface area (Å²) in [6, 6.07) is 13.2. The summed E-state index contributed by atoms with van der Waals surface area (Å²) in [5.41, 5.74) is 1.38. The molecule has 3 aromatic rings. The molecule has 0 aliphatic rings. The molecule has 0 saturated heterocycles. The lowest BCUT2D eigenvalue weighted by molar-refractivity contribution is 1.55. The molecule has 0 amide bonds. The van der Waals surface area contributed by atoms with Gasteiger partial charge in [-0.15, -0.1) is 11.3 Å². The van der Waals surface area contributed by atoms with Crippen LogP contribution in [0, 0.1) is 10.5 Å². The van der Waals surface area contributed by atoms with Crippen molar-refractivity contribution in [1.29, 1.82) is 0 Å². The molecule has 2 heteroatoms. The van der Waals surface area contributed by atoms with E-state index >= 15 is 0 Å². The third-order valence-corrected chi connectivity index (χ3v) is 4.47. The van der Waals surface area contributed by atoms with Crippen LogP contribution < -0.4 is 0 Å². The van der Waals surface area contributed by atoms with Crippen molar-refractivity contribution in [2.45, 2.75) is 6.92 Å². The summed E-state index contributed by atoms with van der Waals surface area (Å²) in [5, 5.41) is 2.83. The first-order chi connectivity index (χ1) is 7.25. The normalized spacial score (nSPS) is 11.3. The lowest BCUT2D eigenvalue weighted by Gasteiger charge is -1.96. The van der Waals surface area contributed by atoms with Gasteiger partial charge in [0.05, 0.1) is 0 Å². The van der Waals surface area contributed by atoms with Crippen LogP contribution in [-0.4, -0.2) is 0 Å². The number of benzene rings is 2. The Morgan fingerprint density at radius 2 is 1.93 bits per heavy atom. The Morgan fingerprint density at radius 3 is 2.80 bits per heavy atom. The number of aryl methyl sites for hydroxylation is 1. The molecular weight excluding hydrogens is 315 g/mol. The van der Waals surface area contributed by atoms with Crippen molar-refractivity contribution in [1.82, 2.24) is 0 Å². The highest BCUT2D eigenvalue weighted by atomic mass is 127. The highest BCUT2D eigenvalue weighted by Gasteiger charge is 2.06. The summed E-state index contributed by atoms with van der Waals surface area (Å²) in [7, 11) is 0. The van der Waals surface area contributed by atoms with Gasteiger partial charge in [0.25, 0.3) is 0 Å². The van der Waals surface area contributed by atoms with Crippen LogP contribution in [0.2, 0.25) is 0 Å². The van der Waals surface area contributed by atoms with Crippen molar-refractivity contribution in [3.05, 3.63) is 45.5 Å². The van der Waals surface area contributed by atoms with E-state index in [1.807, 2.05) is 11.3 Å². The Balaban J connectivity index is 2.61. The van der Waals surface area contributed by atoms with Gasteiger partial charge in [-0.2, -0.15) is 0 Å². The van der Waals surface area contributed by atoms with Crippen molar-refractivity contribution >= 4 is 54.1 Å². The molecule has 0 nitrogen and oxygen atoms in total. The van der Waals surface area contributed by atoms with Gasteiger partial charge in [-0.25, -0.2) is 0 Å². The second-order valence-electron chi connectivity index (χ2n) is 3.69. The molecule has 0 fully saturated rings. The minimum absolute atomic E-state index is 1.31. The first-order valence-electron chi connectivity index (χ1n) is 4.83. The zero-order valence-electron chi connectivity index (χ0n) is 8.25. The third kappa shape index (κ3) is 1.47. The van der Waals surface area contributed by atoms with Gasteiger partial charge in [-0.05, 0) is 59.3 Å². The van der Waals surface area contributed by atoms with Crippen LogP contribution in [0.15, 0.2) is 36.4 Å². The van der Waals surface area contributed by atoms with E-state index in [2.05, 4.69) is 65.9 Å². The van der Waals surface area contributed by atoms with E-state index in [0.717, 1.165) is 0 Å². The van der Waals surface area contributed by atoms with Crippen molar-refractivity contribution in [2.24, 2.45) is 0 Å². The Hall–Kier alpha value is -0.610. The molecule has 74 valence electrons. The minimum atomic E-state index is 1.31. The Labute approximate surface area is 106 Å². The standard InChI is InChI=1S/C13H9IS/c1-8-3-2-4-12-13(8)10-7-9(14)5-6-11(10)15-12/h2-7H,1H3. The first kappa shape index (κ1) is 9.60. The zero-order valence-corrected chi connectivity index (χ0v) is 11.2. The van der Waals surface area contributed by atoms with Gasteiger partial charge < -0.3 is 0 Å². The largest absolute Gasteiger partial charge is 0.135 e. The van der Waals surface area contributed by atoms with Gasteiger partial charge >= 0.3 is 0 Å². The molecule has 1 aromatic heterocycles. The number of hydrogen-bond donors (Lipinski definition) is 0. The third-order valence-electron chi connectivity index (χ3n) is 2.67. The van der Waals surface area contributed by atoms with Gasteiger partial charge in [0.15, 0.2) is 0 Å². The van der Waals surface area contributed by atoms with E-state index in [4.69, 9.17) is 0 Å². The van der Waals surface area contributed by atoms with Crippen LogP contribution in [-0.2, 0) is 0 Å². The first-order valence-corrected chi connectivity index (χ1v) is 6.72. The lowest BCUT2D eigenvalue weighted by atomic mass is 10.1. The highest BCUT2D eigenvalue weighted by molar-refractivity contribution is 14.1. The Kier molecular flexibility index (Phi) is 2.21. The number of thiophene rings is 1. The molecule has 0 bridgehead atoms. The fourth-order valence-electron chi connectivity index (χ4n) is 1.98. The Morgan fingerprint density at radius 1 is 1.07 bits per heavy atom. The van der Waals surface area contributed by atoms with Gasteiger partial charge in [-0.1, -0.05) is 12.1 Å². The number of fused-ring (bicyclic) bond motifs is 3. The number of halogens is 1. The van der Waals surface area contributed by atoms with Crippen molar-refractivity contribution in [3.63, 3.8) is 0 Å². The topological polar surface area (TPSA) is 0 Å². The summed E-state index contributed by atoms with van der Waals surface area (Å²) in [4.78, 5) is 0. The quantitative estimate of drug-likeness (QED) is 0.512. The monoisotopic (exact) mass is 324 g/mol. The predicted molar refractivity (Wildman–Crippen MR) is 76.8 cm³/mol. The van der Waals surface area contributed by atoms with Gasteiger partial charge in [0.2, 0.25) is 0 Å². The van der Waals surface area contributed by atoms with Gasteiger partial charge in [0, 0.05) is 23.7 Å². The average Bonchev–Trinajstić information content (AvgIpc) is 2.57. The lowest BCUT2D eigenvalue weighted by Crippen LogP contribution is -1.74. The summed E-state index contributed by atoms with van der Waals surface area (Å²) < 4.78 is 4.09. The van der Waals surface area contributed by atoms with Crippen LogP contribution in [0.1, 0.15) is 5.56 Å². The molecule has 0 atom stereocenters.